The molecule has 0 bridgehead atoms. The summed E-state index contributed by atoms with van der Waals surface area (Å²) in [5.74, 6) is 0. The molecule has 1 unspecified atom stereocenters. The predicted octanol–water partition coefficient (Wildman–Crippen LogP) is 7.68. The first kappa shape index (κ1) is 19.9. The molecule has 4 aromatic carbocycles. The summed E-state index contributed by atoms with van der Waals surface area (Å²) >= 11 is 0. The zero-order valence-corrected chi connectivity index (χ0v) is 17.9. The maximum atomic E-state index is 3.84. The third kappa shape index (κ3) is 4.08. The van der Waals surface area contributed by atoms with E-state index in [-0.39, 0.29) is 5.54 Å². The number of hydrogen-bond acceptors (Lipinski definition) is 2. The molecule has 5 rings (SSSR count). The second kappa shape index (κ2) is 8.99. The molecule has 2 heteroatoms. The van der Waals surface area contributed by atoms with Crippen LogP contribution in [0.1, 0.15) is 12.0 Å². The van der Waals surface area contributed by atoms with Crippen molar-refractivity contribution in [2.45, 2.75) is 12.0 Å². The van der Waals surface area contributed by atoms with Crippen LogP contribution >= 0.6 is 0 Å². The first-order valence-corrected chi connectivity index (χ1v) is 11.0. The van der Waals surface area contributed by atoms with Gasteiger partial charge in [0, 0.05) is 29.2 Å². The Hall–Kier alpha value is -4.04. The van der Waals surface area contributed by atoms with Crippen LogP contribution in [0.4, 0.5) is 17.1 Å². The maximum Gasteiger partial charge on any atom is 0.0867 e. The molecule has 0 aliphatic heterocycles. The van der Waals surface area contributed by atoms with Gasteiger partial charge in [0.25, 0.3) is 0 Å². The van der Waals surface area contributed by atoms with Gasteiger partial charge >= 0.3 is 0 Å². The van der Waals surface area contributed by atoms with Crippen molar-refractivity contribution in [1.82, 2.24) is 0 Å². The summed E-state index contributed by atoms with van der Waals surface area (Å²) in [6.45, 7) is 0. The molecule has 0 radical (unpaired) electrons. The molecule has 32 heavy (non-hydrogen) atoms. The SMILES string of the molecule is C1=CC(Nc2ccccc2)(c2ccccc2)CC(N(c2ccccc2)c2ccccc2)=C1. The van der Waals surface area contributed by atoms with Crippen LogP contribution in [-0.4, -0.2) is 0 Å². The van der Waals surface area contributed by atoms with Gasteiger partial charge in [-0.2, -0.15) is 0 Å². The Morgan fingerprint density at radius 1 is 0.594 bits per heavy atom. The molecule has 1 atom stereocenters. The van der Waals surface area contributed by atoms with E-state index in [0.29, 0.717) is 0 Å². The standard InChI is InChI=1S/C30H26N2/c1-5-14-25(15-6-1)30(31-26-16-7-2-8-17-26)23-13-22-29(24-30)32(27-18-9-3-10-19-27)28-20-11-4-12-21-28/h1-23,31H,24H2. The zero-order chi connectivity index (χ0) is 21.6. The number of para-hydroxylation sites is 3. The third-order valence-corrected chi connectivity index (χ3v) is 5.88. The van der Waals surface area contributed by atoms with Crippen LogP contribution in [0.3, 0.4) is 0 Å². The van der Waals surface area contributed by atoms with E-state index in [1.165, 1.54) is 11.3 Å². The van der Waals surface area contributed by atoms with Crippen molar-refractivity contribution in [2.24, 2.45) is 0 Å². The highest BCUT2D eigenvalue weighted by Crippen LogP contribution is 2.41. The van der Waals surface area contributed by atoms with Gasteiger partial charge in [0.15, 0.2) is 0 Å². The molecule has 0 spiro atoms. The minimum absolute atomic E-state index is 0.353. The fraction of sp³-hybridized carbons (Fsp3) is 0.0667. The number of allylic oxidation sites excluding steroid dienone is 2. The lowest BCUT2D eigenvalue weighted by Crippen LogP contribution is -2.37. The highest BCUT2D eigenvalue weighted by atomic mass is 15.2. The van der Waals surface area contributed by atoms with E-state index in [2.05, 4.69) is 150 Å². The van der Waals surface area contributed by atoms with Crippen molar-refractivity contribution >= 4 is 17.1 Å². The van der Waals surface area contributed by atoms with Gasteiger partial charge in [-0.3, -0.25) is 0 Å². The normalized spacial score (nSPS) is 17.4. The lowest BCUT2D eigenvalue weighted by molar-refractivity contribution is 0.592. The molecular weight excluding hydrogens is 388 g/mol. The van der Waals surface area contributed by atoms with Crippen LogP contribution in [0.2, 0.25) is 0 Å². The van der Waals surface area contributed by atoms with Crippen molar-refractivity contribution in [3.63, 3.8) is 0 Å². The van der Waals surface area contributed by atoms with Gasteiger partial charge in [0.05, 0.1) is 5.54 Å². The van der Waals surface area contributed by atoms with Crippen molar-refractivity contribution in [2.75, 3.05) is 10.2 Å². The molecule has 4 aromatic rings. The molecule has 0 saturated heterocycles. The van der Waals surface area contributed by atoms with Crippen LogP contribution in [0, 0.1) is 0 Å². The molecule has 0 aromatic heterocycles. The lowest BCUT2D eigenvalue weighted by atomic mass is 9.81. The van der Waals surface area contributed by atoms with Crippen molar-refractivity contribution in [3.8, 4) is 0 Å². The Morgan fingerprint density at radius 3 is 1.66 bits per heavy atom. The fourth-order valence-electron chi connectivity index (χ4n) is 4.39. The first-order valence-electron chi connectivity index (χ1n) is 11.0. The van der Waals surface area contributed by atoms with Gasteiger partial charge in [-0.25, -0.2) is 0 Å². The Balaban J connectivity index is 1.59. The van der Waals surface area contributed by atoms with Crippen LogP contribution in [0.25, 0.3) is 0 Å². The van der Waals surface area contributed by atoms with Gasteiger partial charge in [0.2, 0.25) is 0 Å². The molecule has 2 nitrogen and oxygen atoms in total. The topological polar surface area (TPSA) is 15.3 Å². The van der Waals surface area contributed by atoms with Gasteiger partial charge in [-0.05, 0) is 48.0 Å². The summed E-state index contributed by atoms with van der Waals surface area (Å²) < 4.78 is 0. The Morgan fingerprint density at radius 2 is 1.09 bits per heavy atom. The summed E-state index contributed by atoms with van der Waals surface area (Å²) in [6, 6.07) is 42.3. The summed E-state index contributed by atoms with van der Waals surface area (Å²) in [6.07, 6.45) is 7.51. The van der Waals surface area contributed by atoms with Gasteiger partial charge in [0.1, 0.15) is 0 Å². The Labute approximate surface area is 190 Å². The van der Waals surface area contributed by atoms with Gasteiger partial charge < -0.3 is 10.2 Å². The van der Waals surface area contributed by atoms with E-state index in [9.17, 15) is 0 Å². The molecule has 1 aliphatic carbocycles. The third-order valence-electron chi connectivity index (χ3n) is 5.88. The minimum Gasteiger partial charge on any atom is -0.372 e. The quantitative estimate of drug-likeness (QED) is 0.348. The van der Waals surface area contributed by atoms with Crippen LogP contribution in [0.5, 0.6) is 0 Å². The number of anilines is 3. The smallest absolute Gasteiger partial charge is 0.0867 e. The monoisotopic (exact) mass is 414 g/mol. The molecule has 0 amide bonds. The van der Waals surface area contributed by atoms with E-state index in [1.54, 1.807) is 0 Å². The number of nitrogens with zero attached hydrogens (tertiary/aromatic N) is 1. The minimum atomic E-state index is -0.353. The Kier molecular flexibility index (Phi) is 5.59. The van der Waals surface area contributed by atoms with E-state index in [4.69, 9.17) is 0 Å². The van der Waals surface area contributed by atoms with Crippen molar-refractivity contribution < 1.29 is 0 Å². The molecule has 0 heterocycles. The highest BCUT2D eigenvalue weighted by molar-refractivity contribution is 5.69. The second-order valence-corrected chi connectivity index (χ2v) is 8.03. The molecule has 1 N–H and O–H groups in total. The summed E-state index contributed by atoms with van der Waals surface area (Å²) in [5, 5.41) is 3.84. The van der Waals surface area contributed by atoms with Gasteiger partial charge in [-0.1, -0.05) is 97.1 Å². The molecule has 0 fully saturated rings. The van der Waals surface area contributed by atoms with E-state index < -0.39 is 0 Å². The summed E-state index contributed by atoms with van der Waals surface area (Å²) in [7, 11) is 0. The fourth-order valence-corrected chi connectivity index (χ4v) is 4.39. The van der Waals surface area contributed by atoms with Crippen LogP contribution in [0.15, 0.2) is 145 Å². The molecule has 0 saturated carbocycles. The summed E-state index contributed by atoms with van der Waals surface area (Å²) in [4.78, 5) is 2.36. The average Bonchev–Trinajstić information content (AvgIpc) is 2.87. The van der Waals surface area contributed by atoms with E-state index in [1.807, 2.05) is 0 Å². The van der Waals surface area contributed by atoms with Crippen LogP contribution < -0.4 is 10.2 Å². The van der Waals surface area contributed by atoms with Crippen molar-refractivity contribution in [1.29, 1.82) is 0 Å². The molecular formula is C30H26N2. The second-order valence-electron chi connectivity index (χ2n) is 8.03. The largest absolute Gasteiger partial charge is 0.372 e. The number of hydrogen-bond donors (Lipinski definition) is 1. The zero-order valence-electron chi connectivity index (χ0n) is 17.9. The molecule has 156 valence electrons. The first-order chi connectivity index (χ1) is 15.8. The number of nitrogens with one attached hydrogen (secondary N) is 1. The van der Waals surface area contributed by atoms with E-state index >= 15 is 0 Å². The lowest BCUT2D eigenvalue weighted by Gasteiger charge is -2.40. The Bertz CT molecular complexity index is 1160. The number of benzene rings is 4. The maximum absolute atomic E-state index is 3.84. The van der Waals surface area contributed by atoms with Gasteiger partial charge in [-0.15, -0.1) is 0 Å². The predicted molar refractivity (Wildman–Crippen MR) is 135 cm³/mol. The average molecular weight is 415 g/mol. The summed E-state index contributed by atoms with van der Waals surface area (Å²) in [5.41, 5.74) is 5.54. The highest BCUT2D eigenvalue weighted by Gasteiger charge is 2.34. The number of rotatable bonds is 6. The van der Waals surface area contributed by atoms with E-state index in [0.717, 1.165) is 23.5 Å². The van der Waals surface area contributed by atoms with Crippen molar-refractivity contribution in [3.05, 3.63) is 151 Å². The van der Waals surface area contributed by atoms with Crippen LogP contribution in [-0.2, 0) is 5.54 Å². The molecule has 1 aliphatic rings.